The van der Waals surface area contributed by atoms with Crippen LogP contribution in [-0.2, 0) is 4.79 Å². The van der Waals surface area contributed by atoms with Gasteiger partial charge in [-0.2, -0.15) is 0 Å². The van der Waals surface area contributed by atoms with Gasteiger partial charge in [0, 0.05) is 26.2 Å². The second-order valence-electron chi connectivity index (χ2n) is 10.3. The number of ketones is 1. The van der Waals surface area contributed by atoms with Crippen molar-refractivity contribution in [3.8, 4) is 0 Å². The molecule has 0 aromatic heterocycles. The van der Waals surface area contributed by atoms with Gasteiger partial charge in [-0.15, -0.1) is 0 Å². The Balaban J connectivity index is 2.35. The van der Waals surface area contributed by atoms with E-state index in [0.717, 1.165) is 64.8 Å². The number of allylic oxidation sites excluding steroid dienone is 7. The van der Waals surface area contributed by atoms with Crippen molar-refractivity contribution in [1.82, 2.24) is 9.80 Å². The first-order valence-corrected chi connectivity index (χ1v) is 13.3. The highest BCUT2D eigenvalue weighted by Gasteiger charge is 2.29. The summed E-state index contributed by atoms with van der Waals surface area (Å²) >= 11 is 0. The van der Waals surface area contributed by atoms with Crippen molar-refractivity contribution in [2.24, 2.45) is 0 Å². The van der Waals surface area contributed by atoms with Crippen LogP contribution >= 0.6 is 0 Å². The van der Waals surface area contributed by atoms with Crippen LogP contribution in [0.5, 0.6) is 0 Å². The fourth-order valence-electron chi connectivity index (χ4n) is 4.33. The van der Waals surface area contributed by atoms with Crippen LogP contribution in [0, 0.1) is 0 Å². The molecule has 1 unspecified atom stereocenters. The van der Waals surface area contributed by atoms with E-state index in [4.69, 9.17) is 0 Å². The number of rotatable bonds is 15. The first-order chi connectivity index (χ1) is 15.7. The largest absolute Gasteiger partial charge is 0.298 e. The van der Waals surface area contributed by atoms with E-state index in [-0.39, 0.29) is 6.04 Å². The lowest BCUT2D eigenvalue weighted by molar-refractivity contribution is -0.124. The molecule has 0 radical (unpaired) electrons. The van der Waals surface area contributed by atoms with Crippen LogP contribution in [0.15, 0.2) is 46.6 Å². The van der Waals surface area contributed by atoms with E-state index < -0.39 is 0 Å². The van der Waals surface area contributed by atoms with Gasteiger partial charge < -0.3 is 0 Å². The SMILES string of the molecule is CCCCN1CCN(C/C=C(\C)CC/C=C(\C)CC/C=C(\C)CCC=C(C)C)CC1C(C)=O. The average Bonchev–Trinajstić information content (AvgIpc) is 2.76. The summed E-state index contributed by atoms with van der Waals surface area (Å²) in [6.45, 7) is 20.1. The van der Waals surface area contributed by atoms with Gasteiger partial charge in [-0.3, -0.25) is 14.6 Å². The number of hydrogen-bond acceptors (Lipinski definition) is 3. The second kappa shape index (κ2) is 17.1. The Morgan fingerprint density at radius 1 is 0.788 bits per heavy atom. The highest BCUT2D eigenvalue weighted by molar-refractivity contribution is 5.81. The van der Waals surface area contributed by atoms with E-state index in [0.29, 0.717) is 5.78 Å². The normalized spacial score (nSPS) is 19.1. The minimum absolute atomic E-state index is 0.0782. The quantitative estimate of drug-likeness (QED) is 0.238. The minimum Gasteiger partial charge on any atom is -0.298 e. The van der Waals surface area contributed by atoms with E-state index in [9.17, 15) is 4.79 Å². The first kappa shape index (κ1) is 29.6. The van der Waals surface area contributed by atoms with Crippen LogP contribution in [0.4, 0.5) is 0 Å². The van der Waals surface area contributed by atoms with Crippen LogP contribution in [0.2, 0.25) is 0 Å². The fourth-order valence-corrected chi connectivity index (χ4v) is 4.33. The summed E-state index contributed by atoms with van der Waals surface area (Å²) in [7, 11) is 0. The summed E-state index contributed by atoms with van der Waals surface area (Å²) in [6, 6.07) is 0.0782. The number of carbonyl (C=O) groups excluding carboxylic acids is 1. The third kappa shape index (κ3) is 13.8. The van der Waals surface area contributed by atoms with Gasteiger partial charge in [0.25, 0.3) is 0 Å². The third-order valence-electron chi connectivity index (χ3n) is 6.70. The minimum atomic E-state index is 0.0782. The molecule has 0 amide bonds. The fraction of sp³-hybridized carbons (Fsp3) is 0.700. The summed E-state index contributed by atoms with van der Waals surface area (Å²) in [6.07, 6.45) is 18.8. The Labute approximate surface area is 205 Å². The molecule has 3 nitrogen and oxygen atoms in total. The molecule has 0 saturated carbocycles. The summed E-state index contributed by atoms with van der Waals surface area (Å²) in [5.41, 5.74) is 5.89. The van der Waals surface area contributed by atoms with Gasteiger partial charge in [-0.1, -0.05) is 59.9 Å². The smallest absolute Gasteiger partial charge is 0.148 e. The zero-order valence-corrected chi connectivity index (χ0v) is 22.9. The van der Waals surface area contributed by atoms with Gasteiger partial charge in [0.1, 0.15) is 5.78 Å². The van der Waals surface area contributed by atoms with Crippen molar-refractivity contribution < 1.29 is 4.79 Å². The summed E-state index contributed by atoms with van der Waals surface area (Å²) in [5.74, 6) is 0.315. The highest BCUT2D eigenvalue weighted by Crippen LogP contribution is 2.15. The van der Waals surface area contributed by atoms with Gasteiger partial charge in [-0.25, -0.2) is 0 Å². The lowest BCUT2D eigenvalue weighted by Gasteiger charge is -2.40. The number of nitrogens with zero attached hydrogens (tertiary/aromatic N) is 2. The third-order valence-corrected chi connectivity index (χ3v) is 6.70. The first-order valence-electron chi connectivity index (χ1n) is 13.3. The molecule has 0 aromatic rings. The highest BCUT2D eigenvalue weighted by atomic mass is 16.1. The Hall–Kier alpha value is -1.45. The van der Waals surface area contributed by atoms with Gasteiger partial charge in [0.05, 0.1) is 6.04 Å². The van der Waals surface area contributed by atoms with Gasteiger partial charge in [0.15, 0.2) is 0 Å². The maximum absolute atomic E-state index is 12.1. The van der Waals surface area contributed by atoms with Crippen molar-refractivity contribution in [2.45, 2.75) is 106 Å². The number of carbonyl (C=O) groups is 1. The Morgan fingerprint density at radius 2 is 1.33 bits per heavy atom. The maximum atomic E-state index is 12.1. The Bertz CT molecular complexity index is 694. The van der Waals surface area contributed by atoms with Crippen molar-refractivity contribution in [2.75, 3.05) is 32.7 Å². The van der Waals surface area contributed by atoms with Crippen molar-refractivity contribution in [1.29, 1.82) is 0 Å². The van der Waals surface area contributed by atoms with Crippen LogP contribution < -0.4 is 0 Å². The zero-order chi connectivity index (χ0) is 24.6. The zero-order valence-electron chi connectivity index (χ0n) is 22.9. The predicted molar refractivity (Wildman–Crippen MR) is 146 cm³/mol. The Kier molecular flexibility index (Phi) is 15.3. The van der Waals surface area contributed by atoms with Crippen molar-refractivity contribution in [3.05, 3.63) is 46.6 Å². The van der Waals surface area contributed by atoms with Crippen LogP contribution in [0.1, 0.15) is 99.8 Å². The molecular formula is C30H52N2O. The van der Waals surface area contributed by atoms with E-state index >= 15 is 0 Å². The van der Waals surface area contributed by atoms with Crippen molar-refractivity contribution in [3.63, 3.8) is 0 Å². The van der Waals surface area contributed by atoms with E-state index in [2.05, 4.69) is 75.6 Å². The lowest BCUT2D eigenvalue weighted by Crippen LogP contribution is -2.56. The molecule has 0 spiro atoms. The van der Waals surface area contributed by atoms with Gasteiger partial charge in [0.2, 0.25) is 0 Å². The molecule has 1 heterocycles. The number of hydrogen-bond donors (Lipinski definition) is 0. The molecule has 1 atom stereocenters. The molecule has 1 saturated heterocycles. The van der Waals surface area contributed by atoms with Crippen LogP contribution in [-0.4, -0.2) is 54.3 Å². The molecule has 1 rings (SSSR count). The second-order valence-corrected chi connectivity index (χ2v) is 10.3. The monoisotopic (exact) mass is 456 g/mol. The molecule has 0 N–H and O–H groups in total. The average molecular weight is 457 g/mol. The molecule has 0 bridgehead atoms. The number of piperazine rings is 1. The molecule has 188 valence electrons. The number of Topliss-reactive ketones (excluding diaryl/α,β-unsaturated/α-hetero) is 1. The Morgan fingerprint density at radius 3 is 1.85 bits per heavy atom. The number of unbranched alkanes of at least 4 members (excludes halogenated alkanes) is 1. The van der Waals surface area contributed by atoms with Gasteiger partial charge in [-0.05, 0) is 93.0 Å². The standard InChI is InChI=1S/C30H52N2O/c1-8-9-20-32-23-22-31(24-30(32)29(7)33)21-19-28(6)18-12-17-27(5)16-11-15-26(4)14-10-13-25(2)3/h13,15,17,19,30H,8-12,14,16,18,20-24H2,1-7H3/b26-15+,27-17+,28-19+. The summed E-state index contributed by atoms with van der Waals surface area (Å²) in [5, 5.41) is 0. The predicted octanol–water partition coefficient (Wildman–Crippen LogP) is 7.51. The molecule has 1 aliphatic rings. The molecule has 3 heteroatoms. The molecular weight excluding hydrogens is 404 g/mol. The van der Waals surface area contributed by atoms with E-state index in [1.165, 1.54) is 41.6 Å². The summed E-state index contributed by atoms with van der Waals surface area (Å²) < 4.78 is 0. The topological polar surface area (TPSA) is 23.6 Å². The maximum Gasteiger partial charge on any atom is 0.148 e. The molecule has 33 heavy (non-hydrogen) atoms. The van der Waals surface area contributed by atoms with Crippen molar-refractivity contribution >= 4 is 5.78 Å². The van der Waals surface area contributed by atoms with Gasteiger partial charge >= 0.3 is 0 Å². The van der Waals surface area contributed by atoms with E-state index in [1.807, 2.05) is 0 Å². The summed E-state index contributed by atoms with van der Waals surface area (Å²) in [4.78, 5) is 17.0. The molecule has 1 aliphatic heterocycles. The van der Waals surface area contributed by atoms with E-state index in [1.54, 1.807) is 6.92 Å². The van der Waals surface area contributed by atoms with Crippen LogP contribution in [0.25, 0.3) is 0 Å². The molecule has 0 aromatic carbocycles. The lowest BCUT2D eigenvalue weighted by atomic mass is 10.0. The molecule has 1 fully saturated rings. The molecule has 0 aliphatic carbocycles. The van der Waals surface area contributed by atoms with Crippen LogP contribution in [0.3, 0.4) is 0 Å².